The predicted octanol–water partition coefficient (Wildman–Crippen LogP) is 5.81. The summed E-state index contributed by atoms with van der Waals surface area (Å²) in [5.74, 6) is -1.38. The van der Waals surface area contributed by atoms with Gasteiger partial charge in [0.2, 0.25) is 5.92 Å². The van der Waals surface area contributed by atoms with Crippen LogP contribution in [0.2, 0.25) is 0 Å². The summed E-state index contributed by atoms with van der Waals surface area (Å²) in [6.45, 7) is 4.43. The summed E-state index contributed by atoms with van der Waals surface area (Å²) in [5, 5.41) is 0. The smallest absolute Gasteiger partial charge is 0.207 e. The van der Waals surface area contributed by atoms with Gasteiger partial charge in [-0.2, -0.15) is 0 Å². The normalized spacial score (nSPS) is 25.1. The molecule has 0 heterocycles. The van der Waals surface area contributed by atoms with Gasteiger partial charge < -0.3 is 0 Å². The van der Waals surface area contributed by atoms with Crippen LogP contribution in [0.5, 0.6) is 0 Å². The van der Waals surface area contributed by atoms with Gasteiger partial charge in [-0.05, 0) is 24.7 Å². The highest BCUT2D eigenvalue weighted by Gasteiger charge is 2.39. The second kappa shape index (κ2) is 7.33. The number of unbranched alkanes of at least 4 members (excludes halogenated alkanes) is 3. The van der Waals surface area contributed by atoms with Crippen LogP contribution in [0.1, 0.15) is 78.1 Å². The summed E-state index contributed by atoms with van der Waals surface area (Å²) >= 11 is 0. The Balaban J connectivity index is 2.18. The maximum atomic E-state index is 13.1. The van der Waals surface area contributed by atoms with Gasteiger partial charge in [-0.25, -0.2) is 8.78 Å². The van der Waals surface area contributed by atoms with Gasteiger partial charge >= 0.3 is 0 Å². The summed E-state index contributed by atoms with van der Waals surface area (Å²) in [5.41, 5.74) is 0. The van der Waals surface area contributed by atoms with Gasteiger partial charge in [0, 0.05) is 12.8 Å². The molecule has 0 saturated heterocycles. The lowest BCUT2D eigenvalue weighted by Crippen LogP contribution is -2.11. The molecule has 2 atom stereocenters. The summed E-state index contributed by atoms with van der Waals surface area (Å²) in [7, 11) is 0. The Morgan fingerprint density at radius 2 is 1.94 bits per heavy atom. The van der Waals surface area contributed by atoms with Crippen molar-refractivity contribution in [1.82, 2.24) is 0 Å². The summed E-state index contributed by atoms with van der Waals surface area (Å²) in [6.07, 6.45) is 9.67. The zero-order valence-electron chi connectivity index (χ0n) is 11.5. The van der Waals surface area contributed by atoms with Gasteiger partial charge in [0.1, 0.15) is 0 Å². The SMILES string of the molecule is CCCCCCC(CC)CC1CCC(F)(F)C1. The molecule has 2 heteroatoms. The monoisotopic (exact) mass is 246 g/mol. The van der Waals surface area contributed by atoms with E-state index in [2.05, 4.69) is 13.8 Å². The first-order valence-electron chi connectivity index (χ1n) is 7.45. The van der Waals surface area contributed by atoms with E-state index in [9.17, 15) is 8.78 Å². The third-order valence-electron chi connectivity index (χ3n) is 4.22. The van der Waals surface area contributed by atoms with E-state index in [1.807, 2.05) is 0 Å². The Morgan fingerprint density at radius 3 is 2.47 bits per heavy atom. The third kappa shape index (κ3) is 5.83. The Morgan fingerprint density at radius 1 is 1.18 bits per heavy atom. The van der Waals surface area contributed by atoms with Crippen LogP contribution >= 0.6 is 0 Å². The van der Waals surface area contributed by atoms with Crippen LogP contribution in [-0.4, -0.2) is 5.92 Å². The van der Waals surface area contributed by atoms with Crippen LogP contribution in [0.15, 0.2) is 0 Å². The van der Waals surface area contributed by atoms with Crippen molar-refractivity contribution in [3.63, 3.8) is 0 Å². The van der Waals surface area contributed by atoms with Crippen molar-refractivity contribution in [2.24, 2.45) is 11.8 Å². The molecule has 1 aliphatic rings. The van der Waals surface area contributed by atoms with Gasteiger partial charge in [-0.1, -0.05) is 52.4 Å². The minimum Gasteiger partial charge on any atom is -0.207 e. The van der Waals surface area contributed by atoms with Crippen LogP contribution in [0.25, 0.3) is 0 Å². The topological polar surface area (TPSA) is 0 Å². The lowest BCUT2D eigenvalue weighted by Gasteiger charge is -2.19. The molecule has 1 saturated carbocycles. The van der Waals surface area contributed by atoms with Crippen molar-refractivity contribution in [3.8, 4) is 0 Å². The van der Waals surface area contributed by atoms with Gasteiger partial charge in [-0.15, -0.1) is 0 Å². The molecule has 1 rings (SSSR count). The average molecular weight is 246 g/mol. The number of rotatable bonds is 8. The molecular formula is C15H28F2. The molecule has 0 spiro atoms. The van der Waals surface area contributed by atoms with E-state index >= 15 is 0 Å². The van der Waals surface area contributed by atoms with Crippen LogP contribution in [-0.2, 0) is 0 Å². The highest BCUT2D eigenvalue weighted by atomic mass is 19.3. The maximum Gasteiger partial charge on any atom is 0.248 e. The Bertz CT molecular complexity index is 201. The fourth-order valence-corrected chi connectivity index (χ4v) is 3.06. The average Bonchev–Trinajstić information content (AvgIpc) is 2.62. The van der Waals surface area contributed by atoms with Gasteiger partial charge in [0.15, 0.2) is 0 Å². The molecule has 0 amide bonds. The molecule has 0 N–H and O–H groups in total. The molecule has 0 aliphatic heterocycles. The molecule has 0 bridgehead atoms. The Kier molecular flexibility index (Phi) is 6.43. The molecular weight excluding hydrogens is 218 g/mol. The molecule has 0 nitrogen and oxygen atoms in total. The second-order valence-electron chi connectivity index (χ2n) is 5.82. The van der Waals surface area contributed by atoms with Crippen molar-refractivity contribution < 1.29 is 8.78 Å². The number of hydrogen-bond acceptors (Lipinski definition) is 0. The van der Waals surface area contributed by atoms with E-state index in [-0.39, 0.29) is 12.8 Å². The van der Waals surface area contributed by atoms with Crippen molar-refractivity contribution in [2.75, 3.05) is 0 Å². The molecule has 1 aliphatic carbocycles. The van der Waals surface area contributed by atoms with Gasteiger partial charge in [-0.3, -0.25) is 0 Å². The van der Waals surface area contributed by atoms with E-state index in [4.69, 9.17) is 0 Å². The Hall–Kier alpha value is -0.140. The number of halogens is 2. The van der Waals surface area contributed by atoms with Crippen molar-refractivity contribution in [1.29, 1.82) is 0 Å². The molecule has 2 unspecified atom stereocenters. The van der Waals surface area contributed by atoms with Crippen molar-refractivity contribution in [3.05, 3.63) is 0 Å². The highest BCUT2D eigenvalue weighted by Crippen LogP contribution is 2.42. The zero-order chi connectivity index (χ0) is 12.7. The van der Waals surface area contributed by atoms with Gasteiger partial charge in [0.25, 0.3) is 0 Å². The van der Waals surface area contributed by atoms with E-state index in [0.717, 1.165) is 19.3 Å². The van der Waals surface area contributed by atoms with Crippen molar-refractivity contribution >= 4 is 0 Å². The van der Waals surface area contributed by atoms with E-state index in [0.29, 0.717) is 11.8 Å². The number of alkyl halides is 2. The highest BCUT2D eigenvalue weighted by molar-refractivity contribution is 4.82. The van der Waals surface area contributed by atoms with E-state index in [1.165, 1.54) is 32.1 Å². The fraction of sp³-hybridized carbons (Fsp3) is 1.00. The molecule has 1 fully saturated rings. The van der Waals surface area contributed by atoms with Crippen LogP contribution in [0.3, 0.4) is 0 Å². The van der Waals surface area contributed by atoms with Gasteiger partial charge in [0.05, 0.1) is 0 Å². The van der Waals surface area contributed by atoms with Crippen LogP contribution in [0.4, 0.5) is 8.78 Å². The molecule has 0 aromatic carbocycles. The minimum absolute atomic E-state index is 0.129. The van der Waals surface area contributed by atoms with Crippen LogP contribution in [0, 0.1) is 11.8 Å². The molecule has 17 heavy (non-hydrogen) atoms. The first-order chi connectivity index (χ1) is 8.07. The largest absolute Gasteiger partial charge is 0.248 e. The molecule has 0 aromatic heterocycles. The van der Waals surface area contributed by atoms with E-state index in [1.54, 1.807) is 0 Å². The third-order valence-corrected chi connectivity index (χ3v) is 4.22. The first-order valence-corrected chi connectivity index (χ1v) is 7.45. The molecule has 102 valence electrons. The summed E-state index contributed by atoms with van der Waals surface area (Å²) < 4.78 is 26.2. The summed E-state index contributed by atoms with van der Waals surface area (Å²) in [4.78, 5) is 0. The minimum atomic E-state index is -2.36. The first kappa shape index (κ1) is 14.9. The molecule has 0 radical (unpaired) electrons. The standard InChI is InChI=1S/C15H28F2/c1-3-5-6-7-8-13(4-2)11-14-9-10-15(16,17)12-14/h13-14H,3-12H2,1-2H3. The van der Waals surface area contributed by atoms with Crippen molar-refractivity contribution in [2.45, 2.75) is 84.0 Å². The lowest BCUT2D eigenvalue weighted by atomic mass is 9.87. The quantitative estimate of drug-likeness (QED) is 0.474. The predicted molar refractivity (Wildman–Crippen MR) is 69.4 cm³/mol. The van der Waals surface area contributed by atoms with E-state index < -0.39 is 5.92 Å². The lowest BCUT2D eigenvalue weighted by molar-refractivity contribution is 0.00395. The Labute approximate surface area is 105 Å². The summed E-state index contributed by atoms with van der Waals surface area (Å²) in [6, 6.07) is 0. The maximum absolute atomic E-state index is 13.1. The number of hydrogen-bond donors (Lipinski definition) is 0. The zero-order valence-corrected chi connectivity index (χ0v) is 11.5. The fourth-order valence-electron chi connectivity index (χ4n) is 3.06. The second-order valence-corrected chi connectivity index (χ2v) is 5.82. The van der Waals surface area contributed by atoms with Crippen LogP contribution < -0.4 is 0 Å². The molecule has 0 aromatic rings.